The van der Waals surface area contributed by atoms with E-state index in [0.717, 1.165) is 45.0 Å². The lowest BCUT2D eigenvalue weighted by Gasteiger charge is -2.23. The molecule has 3 rings (SSSR count). The average molecular weight is 309 g/mol. The average Bonchev–Trinajstić information content (AvgIpc) is 2.81. The Balaban J connectivity index is 1.64. The summed E-state index contributed by atoms with van der Waals surface area (Å²) in [5.41, 5.74) is 6.83. The molecule has 2 aromatic rings. The van der Waals surface area contributed by atoms with Crippen molar-refractivity contribution in [3.05, 3.63) is 59.8 Å². The van der Waals surface area contributed by atoms with Crippen LogP contribution < -0.4 is 10.6 Å². The standard InChI is InChI=1S/C18H21N4O/c19-18(23)16-8-4-9-17(20-16)22-11-5-10-21(12-13-22)14-15-6-2-1-3-7-15/h1-4,6-7,9H,5,10-14H2,(H2,19,23). The van der Waals surface area contributed by atoms with Gasteiger partial charge in [0.25, 0.3) is 5.91 Å². The SMILES string of the molecule is NC(=O)c1[c]ccc(N2CCCN(Cc3ccccc3)CC2)n1. The van der Waals surface area contributed by atoms with Gasteiger partial charge in [0.1, 0.15) is 11.5 Å². The van der Waals surface area contributed by atoms with Gasteiger partial charge in [-0.15, -0.1) is 0 Å². The lowest BCUT2D eigenvalue weighted by atomic mass is 10.2. The van der Waals surface area contributed by atoms with Crippen molar-refractivity contribution in [3.8, 4) is 0 Å². The van der Waals surface area contributed by atoms with Crippen LogP contribution in [0.25, 0.3) is 0 Å². The van der Waals surface area contributed by atoms with Crippen LogP contribution in [0.4, 0.5) is 5.82 Å². The zero-order valence-electron chi connectivity index (χ0n) is 13.1. The van der Waals surface area contributed by atoms with E-state index < -0.39 is 5.91 Å². The number of anilines is 1. The van der Waals surface area contributed by atoms with Crippen molar-refractivity contribution >= 4 is 11.7 Å². The number of nitrogens with two attached hydrogens (primary N) is 1. The molecule has 0 atom stereocenters. The van der Waals surface area contributed by atoms with Gasteiger partial charge < -0.3 is 10.6 Å². The Labute approximate surface area is 136 Å². The normalized spacial score (nSPS) is 16.1. The van der Waals surface area contributed by atoms with Crippen molar-refractivity contribution in [2.75, 3.05) is 31.1 Å². The number of aromatic nitrogens is 1. The number of primary amides is 1. The van der Waals surface area contributed by atoms with Gasteiger partial charge in [-0.3, -0.25) is 9.69 Å². The van der Waals surface area contributed by atoms with E-state index in [-0.39, 0.29) is 5.69 Å². The second-order valence-electron chi connectivity index (χ2n) is 5.76. The van der Waals surface area contributed by atoms with Crippen LogP contribution in [0.1, 0.15) is 22.5 Å². The molecule has 23 heavy (non-hydrogen) atoms. The maximum atomic E-state index is 11.3. The minimum Gasteiger partial charge on any atom is -0.364 e. The Hall–Kier alpha value is -2.40. The monoisotopic (exact) mass is 309 g/mol. The lowest BCUT2D eigenvalue weighted by molar-refractivity contribution is 0.0995. The van der Waals surface area contributed by atoms with Crippen molar-refractivity contribution in [1.29, 1.82) is 0 Å². The van der Waals surface area contributed by atoms with Crippen LogP contribution in [0.3, 0.4) is 0 Å². The van der Waals surface area contributed by atoms with E-state index in [1.54, 1.807) is 6.07 Å². The van der Waals surface area contributed by atoms with Crippen LogP contribution in [-0.4, -0.2) is 42.0 Å². The molecule has 2 heterocycles. The van der Waals surface area contributed by atoms with Gasteiger partial charge in [-0.2, -0.15) is 0 Å². The van der Waals surface area contributed by atoms with Crippen LogP contribution in [0.5, 0.6) is 0 Å². The van der Waals surface area contributed by atoms with Crippen molar-refractivity contribution in [2.45, 2.75) is 13.0 Å². The van der Waals surface area contributed by atoms with E-state index in [2.05, 4.69) is 45.1 Å². The van der Waals surface area contributed by atoms with Gasteiger partial charge in [-0.05, 0) is 24.1 Å². The number of carbonyl (C=O) groups is 1. The molecule has 1 radical (unpaired) electrons. The Morgan fingerprint density at radius 1 is 1.13 bits per heavy atom. The molecule has 2 N–H and O–H groups in total. The molecule has 0 aliphatic carbocycles. The fraction of sp³-hybridized carbons (Fsp3) is 0.333. The first-order chi connectivity index (χ1) is 11.2. The van der Waals surface area contributed by atoms with Gasteiger partial charge in [0.15, 0.2) is 0 Å². The number of amides is 1. The molecular formula is C18H21N4O. The fourth-order valence-corrected chi connectivity index (χ4v) is 2.88. The molecule has 1 aromatic heterocycles. The topological polar surface area (TPSA) is 62.5 Å². The summed E-state index contributed by atoms with van der Waals surface area (Å²) in [4.78, 5) is 20.3. The molecule has 119 valence electrons. The number of carbonyl (C=O) groups excluding carboxylic acids is 1. The predicted octanol–water partition coefficient (Wildman–Crippen LogP) is 1.69. The fourth-order valence-electron chi connectivity index (χ4n) is 2.88. The van der Waals surface area contributed by atoms with Crippen LogP contribution in [0, 0.1) is 6.07 Å². The minimum absolute atomic E-state index is 0.202. The molecule has 0 saturated carbocycles. The molecular weight excluding hydrogens is 288 g/mol. The maximum Gasteiger partial charge on any atom is 0.268 e. The molecule has 1 aromatic carbocycles. The predicted molar refractivity (Wildman–Crippen MR) is 90.1 cm³/mol. The Morgan fingerprint density at radius 2 is 1.96 bits per heavy atom. The third-order valence-electron chi connectivity index (χ3n) is 4.07. The number of hydrogen-bond acceptors (Lipinski definition) is 4. The van der Waals surface area contributed by atoms with E-state index in [4.69, 9.17) is 5.73 Å². The quantitative estimate of drug-likeness (QED) is 0.933. The summed E-state index contributed by atoms with van der Waals surface area (Å²) >= 11 is 0. The van der Waals surface area contributed by atoms with E-state index in [9.17, 15) is 4.79 Å². The second kappa shape index (κ2) is 7.24. The van der Waals surface area contributed by atoms with Crippen molar-refractivity contribution in [1.82, 2.24) is 9.88 Å². The van der Waals surface area contributed by atoms with E-state index in [1.165, 1.54) is 5.56 Å². The van der Waals surface area contributed by atoms with Crippen molar-refractivity contribution in [2.24, 2.45) is 5.73 Å². The van der Waals surface area contributed by atoms with E-state index in [1.807, 2.05) is 12.1 Å². The van der Waals surface area contributed by atoms with Gasteiger partial charge >= 0.3 is 0 Å². The Kier molecular flexibility index (Phi) is 4.88. The maximum absolute atomic E-state index is 11.3. The highest BCUT2D eigenvalue weighted by Crippen LogP contribution is 2.15. The highest BCUT2D eigenvalue weighted by atomic mass is 16.1. The zero-order valence-corrected chi connectivity index (χ0v) is 13.1. The Bertz CT molecular complexity index is 659. The summed E-state index contributed by atoms with van der Waals surface area (Å²) in [6.07, 6.45) is 1.07. The summed E-state index contributed by atoms with van der Waals surface area (Å²) in [6, 6.07) is 16.9. The van der Waals surface area contributed by atoms with Crippen molar-refractivity contribution < 1.29 is 4.79 Å². The largest absolute Gasteiger partial charge is 0.364 e. The van der Waals surface area contributed by atoms with Crippen LogP contribution in [-0.2, 0) is 6.54 Å². The first-order valence-electron chi connectivity index (χ1n) is 7.92. The van der Waals surface area contributed by atoms with Gasteiger partial charge in [0, 0.05) is 38.8 Å². The highest BCUT2D eigenvalue weighted by Gasteiger charge is 2.17. The molecule has 1 aliphatic heterocycles. The smallest absolute Gasteiger partial charge is 0.268 e. The molecule has 0 bridgehead atoms. The van der Waals surface area contributed by atoms with Gasteiger partial charge in [0.2, 0.25) is 0 Å². The molecule has 1 aliphatic rings. The molecule has 0 unspecified atom stereocenters. The summed E-state index contributed by atoms with van der Waals surface area (Å²) in [5.74, 6) is 0.270. The molecule has 0 spiro atoms. The van der Waals surface area contributed by atoms with Crippen molar-refractivity contribution in [3.63, 3.8) is 0 Å². The second-order valence-corrected chi connectivity index (χ2v) is 5.76. The van der Waals surface area contributed by atoms with Crippen LogP contribution in [0.2, 0.25) is 0 Å². The van der Waals surface area contributed by atoms with E-state index >= 15 is 0 Å². The van der Waals surface area contributed by atoms with Crippen LogP contribution >= 0.6 is 0 Å². The van der Waals surface area contributed by atoms with Crippen LogP contribution in [0.15, 0.2) is 42.5 Å². The summed E-state index contributed by atoms with van der Waals surface area (Å²) in [6.45, 7) is 4.83. The summed E-state index contributed by atoms with van der Waals surface area (Å²) in [7, 11) is 0. The van der Waals surface area contributed by atoms with Gasteiger partial charge in [0.05, 0.1) is 0 Å². The lowest BCUT2D eigenvalue weighted by Crippen LogP contribution is -2.31. The zero-order chi connectivity index (χ0) is 16.1. The highest BCUT2D eigenvalue weighted by molar-refractivity contribution is 5.90. The van der Waals surface area contributed by atoms with E-state index in [0.29, 0.717) is 0 Å². The molecule has 1 fully saturated rings. The molecule has 5 heteroatoms. The third kappa shape index (κ3) is 4.07. The van der Waals surface area contributed by atoms with Gasteiger partial charge in [-0.1, -0.05) is 30.3 Å². The number of nitrogens with zero attached hydrogens (tertiary/aromatic N) is 3. The molecule has 1 saturated heterocycles. The number of hydrogen-bond donors (Lipinski definition) is 1. The number of rotatable bonds is 4. The number of benzene rings is 1. The summed E-state index contributed by atoms with van der Waals surface area (Å²) in [5, 5.41) is 0. The molecule has 5 nitrogen and oxygen atoms in total. The minimum atomic E-state index is -0.535. The molecule has 1 amide bonds. The first kappa shape index (κ1) is 15.5. The van der Waals surface area contributed by atoms with Gasteiger partial charge in [-0.25, -0.2) is 4.98 Å². The Morgan fingerprint density at radius 3 is 2.74 bits per heavy atom. The first-order valence-corrected chi connectivity index (χ1v) is 7.92. The summed E-state index contributed by atoms with van der Waals surface area (Å²) < 4.78 is 0. The number of pyridine rings is 1. The third-order valence-corrected chi connectivity index (χ3v) is 4.07.